The van der Waals surface area contributed by atoms with Gasteiger partial charge in [0.05, 0.1) is 12.1 Å². The van der Waals surface area contributed by atoms with Gasteiger partial charge >= 0.3 is 6.03 Å². The minimum atomic E-state index is -0.298. The quantitative estimate of drug-likeness (QED) is 0.684. The fourth-order valence-corrected chi connectivity index (χ4v) is 1.15. The van der Waals surface area contributed by atoms with E-state index in [1.54, 1.807) is 7.11 Å². The minimum absolute atomic E-state index is 0.0930. The van der Waals surface area contributed by atoms with Gasteiger partial charge in [-0.3, -0.25) is 0 Å². The van der Waals surface area contributed by atoms with Crippen LogP contribution >= 0.6 is 0 Å². The van der Waals surface area contributed by atoms with Crippen LogP contribution in [0.2, 0.25) is 0 Å². The topological polar surface area (TPSA) is 50.4 Å². The molecule has 13 heavy (non-hydrogen) atoms. The van der Waals surface area contributed by atoms with Gasteiger partial charge in [-0.25, -0.2) is 4.79 Å². The molecule has 0 spiro atoms. The molecule has 0 heterocycles. The molecule has 0 aromatic heterocycles. The molecule has 0 bridgehead atoms. The third-order valence-corrected chi connectivity index (χ3v) is 1.87. The van der Waals surface area contributed by atoms with Crippen LogP contribution in [-0.4, -0.2) is 31.3 Å². The Bertz CT molecular complexity index is 188. The summed E-state index contributed by atoms with van der Waals surface area (Å²) in [6.45, 7) is 4.39. The molecule has 0 saturated heterocycles. The molecule has 2 amide bonds. The summed E-state index contributed by atoms with van der Waals surface area (Å²) in [4.78, 5) is 11.3. The standard InChI is InChI=1S/C9H18N2O2/c1-9(2,6-13-3)11-8(12)10-7-4-5-7/h7H,4-6H2,1-3H3,(H2,10,11,12). The first-order chi connectivity index (χ1) is 6.03. The average Bonchev–Trinajstić information content (AvgIpc) is 2.68. The second-order valence-corrected chi connectivity index (χ2v) is 4.19. The Morgan fingerprint density at radius 2 is 2.15 bits per heavy atom. The Balaban J connectivity index is 2.23. The normalized spacial score (nSPS) is 16.8. The molecule has 0 atom stereocenters. The molecule has 0 aromatic carbocycles. The fraction of sp³-hybridized carbons (Fsp3) is 0.889. The fourth-order valence-electron chi connectivity index (χ4n) is 1.15. The van der Waals surface area contributed by atoms with E-state index in [0.717, 1.165) is 12.8 Å². The van der Waals surface area contributed by atoms with Crippen molar-refractivity contribution in [2.24, 2.45) is 0 Å². The van der Waals surface area contributed by atoms with Crippen molar-refractivity contribution >= 4 is 6.03 Å². The van der Waals surface area contributed by atoms with E-state index in [4.69, 9.17) is 4.74 Å². The zero-order valence-electron chi connectivity index (χ0n) is 8.52. The zero-order chi connectivity index (χ0) is 9.90. The van der Waals surface area contributed by atoms with Crippen LogP contribution < -0.4 is 10.6 Å². The second-order valence-electron chi connectivity index (χ2n) is 4.19. The van der Waals surface area contributed by atoms with Crippen LogP contribution in [0.4, 0.5) is 4.79 Å². The van der Waals surface area contributed by atoms with Crippen LogP contribution in [0, 0.1) is 0 Å². The van der Waals surface area contributed by atoms with Gasteiger partial charge in [0.15, 0.2) is 0 Å². The summed E-state index contributed by atoms with van der Waals surface area (Å²) in [7, 11) is 1.63. The Labute approximate surface area is 79.0 Å². The highest BCUT2D eigenvalue weighted by atomic mass is 16.5. The number of amides is 2. The number of rotatable bonds is 4. The Hall–Kier alpha value is -0.770. The predicted octanol–water partition coefficient (Wildman–Crippen LogP) is 0.873. The molecule has 0 aliphatic heterocycles. The van der Waals surface area contributed by atoms with Gasteiger partial charge in [0.2, 0.25) is 0 Å². The lowest BCUT2D eigenvalue weighted by Crippen LogP contribution is -2.51. The smallest absolute Gasteiger partial charge is 0.315 e. The molecule has 1 aliphatic rings. The van der Waals surface area contributed by atoms with Gasteiger partial charge in [-0.15, -0.1) is 0 Å². The first-order valence-electron chi connectivity index (χ1n) is 4.61. The number of hydrogen-bond donors (Lipinski definition) is 2. The van der Waals surface area contributed by atoms with Gasteiger partial charge in [-0.1, -0.05) is 0 Å². The van der Waals surface area contributed by atoms with E-state index in [2.05, 4.69) is 10.6 Å². The van der Waals surface area contributed by atoms with Crippen LogP contribution in [-0.2, 0) is 4.74 Å². The summed E-state index contributed by atoms with van der Waals surface area (Å²) in [6.07, 6.45) is 2.22. The first-order valence-corrected chi connectivity index (χ1v) is 4.61. The third kappa shape index (κ3) is 4.12. The molecule has 1 fully saturated rings. The highest BCUT2D eigenvalue weighted by molar-refractivity contribution is 5.75. The summed E-state index contributed by atoms with van der Waals surface area (Å²) < 4.78 is 4.99. The predicted molar refractivity (Wildman–Crippen MR) is 50.6 cm³/mol. The van der Waals surface area contributed by atoms with E-state index in [-0.39, 0.29) is 11.6 Å². The van der Waals surface area contributed by atoms with E-state index in [1.165, 1.54) is 0 Å². The van der Waals surface area contributed by atoms with Crippen LogP contribution in [0.5, 0.6) is 0 Å². The van der Waals surface area contributed by atoms with Crippen molar-refractivity contribution in [3.63, 3.8) is 0 Å². The van der Waals surface area contributed by atoms with Crippen molar-refractivity contribution in [1.29, 1.82) is 0 Å². The molecule has 0 radical (unpaired) electrons. The molecule has 4 nitrogen and oxygen atoms in total. The summed E-state index contributed by atoms with van der Waals surface area (Å²) in [5, 5.41) is 5.72. The van der Waals surface area contributed by atoms with E-state index in [0.29, 0.717) is 12.6 Å². The number of carbonyl (C=O) groups excluding carboxylic acids is 1. The number of carbonyl (C=O) groups is 1. The maximum atomic E-state index is 11.3. The lowest BCUT2D eigenvalue weighted by Gasteiger charge is -2.25. The summed E-state index contributed by atoms with van der Waals surface area (Å²) in [5.41, 5.74) is -0.298. The summed E-state index contributed by atoms with van der Waals surface area (Å²) >= 11 is 0. The molecule has 1 rings (SSSR count). The van der Waals surface area contributed by atoms with Crippen molar-refractivity contribution in [2.45, 2.75) is 38.3 Å². The molecule has 2 N–H and O–H groups in total. The maximum absolute atomic E-state index is 11.3. The van der Waals surface area contributed by atoms with E-state index in [9.17, 15) is 4.79 Å². The molecular weight excluding hydrogens is 168 g/mol. The van der Waals surface area contributed by atoms with Crippen molar-refractivity contribution in [2.75, 3.05) is 13.7 Å². The SMILES string of the molecule is COCC(C)(C)NC(=O)NC1CC1. The second kappa shape index (κ2) is 3.96. The van der Waals surface area contributed by atoms with Crippen molar-refractivity contribution in [3.8, 4) is 0 Å². The van der Waals surface area contributed by atoms with Crippen LogP contribution in [0.15, 0.2) is 0 Å². The molecule has 76 valence electrons. The van der Waals surface area contributed by atoms with Crippen LogP contribution in [0.3, 0.4) is 0 Å². The molecule has 1 aliphatic carbocycles. The van der Waals surface area contributed by atoms with Crippen molar-refractivity contribution in [3.05, 3.63) is 0 Å². The third-order valence-electron chi connectivity index (χ3n) is 1.87. The lowest BCUT2D eigenvalue weighted by molar-refractivity contribution is 0.131. The van der Waals surface area contributed by atoms with Gasteiger partial charge in [0.25, 0.3) is 0 Å². The van der Waals surface area contributed by atoms with Crippen LogP contribution in [0.1, 0.15) is 26.7 Å². The van der Waals surface area contributed by atoms with Crippen LogP contribution in [0.25, 0.3) is 0 Å². The number of urea groups is 1. The summed E-state index contributed by atoms with van der Waals surface area (Å²) in [6, 6.07) is 0.308. The molecule has 1 saturated carbocycles. The number of nitrogens with one attached hydrogen (secondary N) is 2. The summed E-state index contributed by atoms with van der Waals surface area (Å²) in [5.74, 6) is 0. The van der Waals surface area contributed by atoms with Gasteiger partial charge in [-0.05, 0) is 26.7 Å². The van der Waals surface area contributed by atoms with Gasteiger partial charge in [-0.2, -0.15) is 0 Å². The first kappa shape index (κ1) is 10.3. The Morgan fingerprint density at radius 3 is 2.62 bits per heavy atom. The average molecular weight is 186 g/mol. The number of methoxy groups -OCH3 is 1. The molecule has 4 heteroatoms. The Morgan fingerprint density at radius 1 is 1.54 bits per heavy atom. The monoisotopic (exact) mass is 186 g/mol. The maximum Gasteiger partial charge on any atom is 0.315 e. The van der Waals surface area contributed by atoms with E-state index in [1.807, 2.05) is 13.8 Å². The van der Waals surface area contributed by atoms with E-state index < -0.39 is 0 Å². The van der Waals surface area contributed by atoms with Crippen molar-refractivity contribution in [1.82, 2.24) is 10.6 Å². The highest BCUT2D eigenvalue weighted by Gasteiger charge is 2.26. The zero-order valence-corrected chi connectivity index (χ0v) is 8.52. The molecular formula is C9H18N2O2. The Kier molecular flexibility index (Phi) is 3.14. The minimum Gasteiger partial charge on any atom is -0.382 e. The molecule has 0 aromatic rings. The van der Waals surface area contributed by atoms with Gasteiger partial charge in [0, 0.05) is 13.2 Å². The number of hydrogen-bond acceptors (Lipinski definition) is 2. The van der Waals surface area contributed by atoms with Gasteiger partial charge < -0.3 is 15.4 Å². The highest BCUT2D eigenvalue weighted by Crippen LogP contribution is 2.18. The number of ether oxygens (including phenoxy) is 1. The van der Waals surface area contributed by atoms with Crippen molar-refractivity contribution < 1.29 is 9.53 Å². The van der Waals surface area contributed by atoms with Gasteiger partial charge in [0.1, 0.15) is 0 Å². The largest absolute Gasteiger partial charge is 0.382 e. The van der Waals surface area contributed by atoms with E-state index >= 15 is 0 Å². The molecule has 0 unspecified atom stereocenters. The lowest BCUT2D eigenvalue weighted by atomic mass is 10.1.